The molecule has 4 heterocycles. The molecule has 6 atom stereocenters. The van der Waals surface area contributed by atoms with Gasteiger partial charge in [0.15, 0.2) is 0 Å². The van der Waals surface area contributed by atoms with Gasteiger partial charge in [-0.15, -0.1) is 45.3 Å². The Morgan fingerprint density at radius 3 is 1.17 bits per heavy atom. The van der Waals surface area contributed by atoms with E-state index in [0.717, 1.165) is 54.6 Å². The van der Waals surface area contributed by atoms with Crippen LogP contribution in [0.5, 0.6) is 0 Å². The van der Waals surface area contributed by atoms with Crippen LogP contribution in [-0.2, 0) is 71.0 Å². The summed E-state index contributed by atoms with van der Waals surface area (Å²) in [6.07, 6.45) is 12.8. The lowest BCUT2D eigenvalue weighted by Gasteiger charge is -2.28. The van der Waals surface area contributed by atoms with Crippen molar-refractivity contribution in [3.05, 3.63) is 210 Å². The van der Waals surface area contributed by atoms with Gasteiger partial charge in [-0.1, -0.05) is 128 Å². The summed E-state index contributed by atoms with van der Waals surface area (Å²) in [7, 11) is 1.61. The predicted molar refractivity (Wildman–Crippen MR) is 358 cm³/mol. The molecule has 6 unspecified atom stereocenters. The van der Waals surface area contributed by atoms with E-state index in [1.54, 1.807) is 53.9 Å². The quantitative estimate of drug-likeness (QED) is 0.0202. The van der Waals surface area contributed by atoms with E-state index < -0.39 is 42.8 Å². The maximum atomic E-state index is 13.7. The van der Waals surface area contributed by atoms with Gasteiger partial charge in [-0.3, -0.25) is 29.5 Å². The third-order valence-electron chi connectivity index (χ3n) is 15.1. The normalized spacial score (nSPS) is 13.6. The topological polar surface area (TPSA) is 271 Å². The number of thiazole rings is 4. The van der Waals surface area contributed by atoms with E-state index in [9.17, 15) is 33.9 Å². The largest absolute Gasteiger partial charge is 0.444 e. The molecule has 25 heteroatoms. The van der Waals surface area contributed by atoms with Crippen molar-refractivity contribution >= 4 is 81.4 Å². The van der Waals surface area contributed by atoms with Crippen LogP contribution in [-0.4, -0.2) is 127 Å². The highest BCUT2D eigenvalue weighted by Gasteiger charge is 2.35. The molecule has 1 aliphatic rings. The van der Waals surface area contributed by atoms with E-state index in [2.05, 4.69) is 51.8 Å². The molecule has 4 aromatic carbocycles. The highest BCUT2D eigenvalue weighted by Crippen LogP contribution is 2.29. The molecule has 21 nitrogen and oxygen atoms in total. The fraction of sp³-hybridized carbons (Fsp3) is 0.373. The number of amides is 8. The van der Waals surface area contributed by atoms with Crippen LogP contribution in [0.3, 0.4) is 0 Å². The molecule has 1 aliphatic carbocycles. The van der Waals surface area contributed by atoms with Crippen LogP contribution in [0.25, 0.3) is 0 Å². The van der Waals surface area contributed by atoms with E-state index >= 15 is 0 Å². The second-order valence-corrected chi connectivity index (χ2v) is 26.2. The van der Waals surface area contributed by atoms with Crippen molar-refractivity contribution < 1.29 is 43.3 Å². The SMILES string of the molecule is CCC(NC(=O)N(Cc1cncs1)C1CC1)C(=O)NC(CCC(Cc1ccccc1)NC(=O)OCc1cncs1)Cc1ccccc1.CN(Cc1cncs1)C(=O)NC(CO)C(=O)NC(CCC(Cc1ccccc1)NC(=O)OCc1cncs1)Cc1ccccc1. The zero-order valence-corrected chi connectivity index (χ0v) is 54.8. The van der Waals surface area contributed by atoms with Gasteiger partial charge in [-0.05, 0) is 92.9 Å². The lowest BCUT2D eigenvalue weighted by Crippen LogP contribution is -2.54. The minimum atomic E-state index is -1.14. The number of ether oxygens (including phenoxy) is 2. The lowest BCUT2D eigenvalue weighted by molar-refractivity contribution is -0.125. The summed E-state index contributed by atoms with van der Waals surface area (Å²) < 4.78 is 10.9. The maximum absolute atomic E-state index is 13.7. The molecule has 486 valence electrons. The summed E-state index contributed by atoms with van der Waals surface area (Å²) in [6.45, 7) is 2.45. The van der Waals surface area contributed by atoms with Gasteiger partial charge in [0, 0.05) is 71.8 Å². The van der Waals surface area contributed by atoms with Crippen LogP contribution >= 0.6 is 45.3 Å². The standard InChI is InChI=1S/C35H42N6O4S2.C32H38N6O5S2/c1-2-32(40-34(43)41(29-15-16-29)21-30-19-36-23-46-30)33(42)38-27(17-25-9-5-3-6-10-25)13-14-28(18-26-11-7-4-8-12-26)39-35(44)45-22-31-20-37-24-47-31;1-38(18-27-16-33-21-44-27)31(41)37-29(19-39)30(40)35-25(14-23-8-4-2-5-9-23)12-13-26(15-24-10-6-3-7-11-24)36-32(42)43-20-28-17-34-22-45-28/h3-12,19-20,23-24,27-29,32H,2,13-18,21-22H2,1H3,(H,38,42)(H,39,44)(H,40,43);2-11,16-17,21-22,25-26,29,39H,12-15,18-20H2,1H3,(H,35,40)(H,36,42)(H,37,41). The third-order valence-corrected chi connectivity index (χ3v) is 18.2. The number of nitrogens with one attached hydrogen (secondary N) is 6. The molecule has 0 radical (unpaired) electrons. The average Bonchev–Trinajstić information content (AvgIpc) is 1.91. The molecule has 8 amide bonds. The molecule has 0 bridgehead atoms. The first kappa shape index (κ1) is 69.3. The van der Waals surface area contributed by atoms with Crippen molar-refractivity contribution in [1.82, 2.24) is 61.6 Å². The second-order valence-electron chi connectivity index (χ2n) is 22.3. The van der Waals surface area contributed by atoms with Gasteiger partial charge in [-0.2, -0.15) is 0 Å². The average molecular weight is 1330 g/mol. The van der Waals surface area contributed by atoms with Crippen molar-refractivity contribution in [2.45, 2.75) is 146 Å². The van der Waals surface area contributed by atoms with Gasteiger partial charge in [0.2, 0.25) is 11.8 Å². The number of carbonyl (C=O) groups excluding carboxylic acids is 6. The number of nitrogens with zero attached hydrogens (tertiary/aromatic N) is 6. The molecular formula is C67H80N12O9S4. The monoisotopic (exact) mass is 1320 g/mol. The summed E-state index contributed by atoms with van der Waals surface area (Å²) in [5, 5.41) is 28.0. The highest BCUT2D eigenvalue weighted by molar-refractivity contribution is 7.10. The molecule has 1 saturated carbocycles. The van der Waals surface area contributed by atoms with Gasteiger partial charge in [-0.25, -0.2) is 19.2 Å². The number of hydrogen-bond donors (Lipinski definition) is 7. The number of carbonyl (C=O) groups is 6. The van der Waals surface area contributed by atoms with Gasteiger partial charge in [0.05, 0.1) is 51.5 Å². The Morgan fingerprint density at radius 2 is 0.826 bits per heavy atom. The molecule has 0 saturated heterocycles. The number of alkyl carbamates (subject to hydrolysis) is 2. The number of benzene rings is 4. The summed E-state index contributed by atoms with van der Waals surface area (Å²) in [5.74, 6) is -0.707. The molecule has 8 aromatic rings. The van der Waals surface area contributed by atoms with E-state index in [0.29, 0.717) is 70.9 Å². The number of aliphatic hydroxyl groups is 1. The maximum Gasteiger partial charge on any atom is 0.407 e. The first-order valence-electron chi connectivity index (χ1n) is 30.7. The fourth-order valence-electron chi connectivity index (χ4n) is 10.1. The summed E-state index contributed by atoms with van der Waals surface area (Å²) in [6, 6.07) is 36.2. The van der Waals surface area contributed by atoms with E-state index in [1.807, 2.05) is 133 Å². The lowest BCUT2D eigenvalue weighted by atomic mass is 9.95. The Morgan fingerprint density at radius 1 is 0.478 bits per heavy atom. The van der Waals surface area contributed by atoms with Gasteiger partial charge >= 0.3 is 24.2 Å². The predicted octanol–water partition coefficient (Wildman–Crippen LogP) is 10.2. The van der Waals surface area contributed by atoms with E-state index in [1.165, 1.54) is 50.2 Å². The number of aromatic nitrogens is 4. The zero-order valence-electron chi connectivity index (χ0n) is 51.6. The van der Waals surface area contributed by atoms with Crippen molar-refractivity contribution in [2.75, 3.05) is 13.7 Å². The Balaban J connectivity index is 0.000000237. The highest BCUT2D eigenvalue weighted by atomic mass is 32.1. The Kier molecular flexibility index (Phi) is 28.3. The molecule has 1 fully saturated rings. The van der Waals surface area contributed by atoms with Crippen molar-refractivity contribution in [3.8, 4) is 0 Å². The fourth-order valence-corrected chi connectivity index (χ4v) is 12.4. The van der Waals surface area contributed by atoms with Gasteiger partial charge < -0.3 is 56.3 Å². The van der Waals surface area contributed by atoms with Crippen LogP contribution in [0.1, 0.15) is 93.6 Å². The Bertz CT molecular complexity index is 3410. The van der Waals surface area contributed by atoms with Crippen LogP contribution < -0.4 is 31.9 Å². The summed E-state index contributed by atoms with van der Waals surface area (Å²) >= 11 is 5.79. The van der Waals surface area contributed by atoms with Crippen LogP contribution in [0.4, 0.5) is 19.2 Å². The summed E-state index contributed by atoms with van der Waals surface area (Å²) in [5.41, 5.74) is 11.1. The number of aliphatic hydroxyl groups excluding tert-OH is 1. The molecule has 0 spiro atoms. The minimum Gasteiger partial charge on any atom is -0.444 e. The van der Waals surface area contributed by atoms with Gasteiger partial charge in [0.1, 0.15) is 25.3 Å². The Labute approximate surface area is 552 Å². The molecular weight excluding hydrogens is 1250 g/mol. The van der Waals surface area contributed by atoms with Crippen LogP contribution in [0.2, 0.25) is 0 Å². The van der Waals surface area contributed by atoms with E-state index in [4.69, 9.17) is 9.47 Å². The molecule has 92 heavy (non-hydrogen) atoms. The minimum absolute atomic E-state index is 0.134. The molecule has 7 N–H and O–H groups in total. The molecule has 0 aliphatic heterocycles. The van der Waals surface area contributed by atoms with Gasteiger partial charge in [0.25, 0.3) is 0 Å². The Hall–Kier alpha value is -8.62. The second kappa shape index (κ2) is 37.6. The van der Waals surface area contributed by atoms with Crippen molar-refractivity contribution in [3.63, 3.8) is 0 Å². The molecule has 4 aromatic heterocycles. The first-order chi connectivity index (χ1) is 44.9. The van der Waals surface area contributed by atoms with Crippen molar-refractivity contribution in [1.29, 1.82) is 0 Å². The first-order valence-corrected chi connectivity index (χ1v) is 34.2. The zero-order chi connectivity index (χ0) is 64.7. The summed E-state index contributed by atoms with van der Waals surface area (Å²) in [4.78, 5) is 102. The van der Waals surface area contributed by atoms with Crippen LogP contribution in [0, 0.1) is 0 Å². The molecule has 9 rings (SSSR count). The van der Waals surface area contributed by atoms with Crippen molar-refractivity contribution in [2.24, 2.45) is 0 Å². The van der Waals surface area contributed by atoms with E-state index in [-0.39, 0.29) is 55.4 Å². The number of rotatable bonds is 33. The number of hydrogen-bond acceptors (Lipinski definition) is 17. The smallest absolute Gasteiger partial charge is 0.407 e. The van der Waals surface area contributed by atoms with Crippen LogP contribution in [0.15, 0.2) is 168 Å². The number of urea groups is 2. The third kappa shape index (κ3) is 24.5.